The summed E-state index contributed by atoms with van der Waals surface area (Å²) in [4.78, 5) is 4.82. The van der Waals surface area contributed by atoms with Gasteiger partial charge in [-0.25, -0.2) is 14.4 Å². The van der Waals surface area contributed by atoms with Crippen molar-refractivity contribution in [3.8, 4) is 5.75 Å². The maximum atomic E-state index is 12.3. The fourth-order valence-electron chi connectivity index (χ4n) is 3.31. The predicted molar refractivity (Wildman–Crippen MR) is 102 cm³/mol. The average Bonchev–Trinajstić information content (AvgIpc) is 3.04. The van der Waals surface area contributed by atoms with Crippen LogP contribution in [0.5, 0.6) is 5.75 Å². The number of alkyl halides is 1. The van der Waals surface area contributed by atoms with Crippen molar-refractivity contribution >= 4 is 23.2 Å². The van der Waals surface area contributed by atoms with Gasteiger partial charge in [0.05, 0.1) is 17.1 Å². The summed E-state index contributed by atoms with van der Waals surface area (Å²) in [5, 5.41) is 4.19. The number of aromatic nitrogens is 2. The molecule has 1 aliphatic heterocycles. The fourth-order valence-corrected chi connectivity index (χ4v) is 3.31. The number of para-hydroxylation sites is 2. The largest absolute Gasteiger partial charge is 0.491 e. The van der Waals surface area contributed by atoms with Gasteiger partial charge in [-0.2, -0.15) is 0 Å². The Morgan fingerprint density at radius 2 is 1.88 bits per heavy atom. The second-order valence-corrected chi connectivity index (χ2v) is 6.36. The van der Waals surface area contributed by atoms with Gasteiger partial charge in [-0.1, -0.05) is 24.3 Å². The van der Waals surface area contributed by atoms with Crippen LogP contribution in [0.25, 0.3) is 17.2 Å². The summed E-state index contributed by atoms with van der Waals surface area (Å²) in [6.45, 7) is -0.408. The molecule has 0 radical (unpaired) electrons. The van der Waals surface area contributed by atoms with Gasteiger partial charge >= 0.3 is 0 Å². The van der Waals surface area contributed by atoms with Gasteiger partial charge in [0.25, 0.3) is 0 Å². The molecule has 134 valence electrons. The van der Waals surface area contributed by atoms with Crippen LogP contribution in [0.15, 0.2) is 54.6 Å². The Bertz CT molecular complexity index is 933. The highest BCUT2D eigenvalue weighted by atomic mass is 19.1. The van der Waals surface area contributed by atoms with E-state index < -0.39 is 6.67 Å². The van der Waals surface area contributed by atoms with Crippen LogP contribution in [0.2, 0.25) is 0 Å². The molecule has 0 saturated heterocycles. The second-order valence-electron chi connectivity index (χ2n) is 6.36. The lowest BCUT2D eigenvalue weighted by molar-refractivity contribution is 0.273. The molecule has 0 bridgehead atoms. The lowest BCUT2D eigenvalue weighted by Crippen LogP contribution is -2.42. The summed E-state index contributed by atoms with van der Waals surface area (Å²) in [5.41, 5.74) is 3.16. The van der Waals surface area contributed by atoms with Gasteiger partial charge in [0.2, 0.25) is 5.95 Å². The highest BCUT2D eigenvalue weighted by Crippen LogP contribution is 2.35. The number of anilines is 1. The lowest BCUT2D eigenvalue weighted by Gasteiger charge is -2.38. The number of ether oxygens (including phenoxy) is 1. The summed E-state index contributed by atoms with van der Waals surface area (Å²) >= 11 is 0. The average molecular weight is 352 g/mol. The number of imidazole rings is 1. The van der Waals surface area contributed by atoms with Crippen LogP contribution in [0.1, 0.15) is 11.6 Å². The van der Waals surface area contributed by atoms with Crippen LogP contribution < -0.4 is 9.75 Å². The maximum absolute atomic E-state index is 12.3. The van der Waals surface area contributed by atoms with Gasteiger partial charge < -0.3 is 4.74 Å². The molecule has 2 aromatic carbocycles. The zero-order valence-electron chi connectivity index (χ0n) is 14.8. The third-order valence-electron chi connectivity index (χ3n) is 4.46. The van der Waals surface area contributed by atoms with E-state index in [2.05, 4.69) is 27.9 Å². The number of nitrogens with zero attached hydrogens (tertiary/aromatic N) is 4. The molecule has 0 amide bonds. The highest BCUT2D eigenvalue weighted by molar-refractivity contribution is 5.82. The summed E-state index contributed by atoms with van der Waals surface area (Å²) in [6, 6.07) is 15.9. The Labute approximate surface area is 151 Å². The molecule has 4 rings (SSSR count). The molecule has 0 fully saturated rings. The van der Waals surface area contributed by atoms with Crippen LogP contribution in [-0.4, -0.2) is 41.9 Å². The molecular weight excluding hydrogens is 331 g/mol. The minimum Gasteiger partial charge on any atom is -0.491 e. The molecule has 1 atom stereocenters. The van der Waals surface area contributed by atoms with Crippen molar-refractivity contribution in [2.24, 2.45) is 0 Å². The summed E-state index contributed by atoms with van der Waals surface area (Å²) in [7, 11) is 4.02. The first-order chi connectivity index (χ1) is 12.7. The van der Waals surface area contributed by atoms with E-state index in [1.165, 1.54) is 0 Å². The zero-order valence-corrected chi connectivity index (χ0v) is 14.8. The standard InChI is InChI=1S/C20H21FN4O/c1-23(2)25-18(15-7-9-16(10-8-15)26-14-12-21)11-13-24-19-6-4-3-5-17(19)22-20(24)25/h3-11,13,18H,12,14H2,1-2H3. The van der Waals surface area contributed by atoms with Crippen molar-refractivity contribution in [2.75, 3.05) is 32.4 Å². The van der Waals surface area contributed by atoms with Crippen LogP contribution in [0.4, 0.5) is 10.3 Å². The zero-order chi connectivity index (χ0) is 18.1. The number of fused-ring (bicyclic) bond motifs is 3. The van der Waals surface area contributed by atoms with Gasteiger partial charge in [0, 0.05) is 20.3 Å². The summed E-state index contributed by atoms with van der Waals surface area (Å²) < 4.78 is 19.7. The molecular formula is C20H21FN4O. The van der Waals surface area contributed by atoms with Crippen molar-refractivity contribution in [2.45, 2.75) is 6.04 Å². The first-order valence-corrected chi connectivity index (χ1v) is 8.59. The van der Waals surface area contributed by atoms with Gasteiger partial charge in [0.15, 0.2) is 0 Å². The lowest BCUT2D eigenvalue weighted by atomic mass is 10.1. The molecule has 0 aliphatic carbocycles. The molecule has 26 heavy (non-hydrogen) atoms. The molecule has 1 aliphatic rings. The number of hydrazine groups is 1. The van der Waals surface area contributed by atoms with E-state index in [0.29, 0.717) is 5.75 Å². The Kier molecular flexibility index (Phi) is 4.34. The van der Waals surface area contributed by atoms with E-state index in [4.69, 9.17) is 9.72 Å². The second kappa shape index (κ2) is 6.80. The van der Waals surface area contributed by atoms with E-state index in [9.17, 15) is 4.39 Å². The smallest absolute Gasteiger partial charge is 0.226 e. The maximum Gasteiger partial charge on any atom is 0.226 e. The van der Waals surface area contributed by atoms with E-state index in [0.717, 1.165) is 22.5 Å². The molecule has 0 N–H and O–H groups in total. The van der Waals surface area contributed by atoms with Crippen molar-refractivity contribution in [3.63, 3.8) is 0 Å². The minimum absolute atomic E-state index is 0.0181. The molecule has 1 unspecified atom stereocenters. The number of benzene rings is 2. The SMILES string of the molecule is CN(C)N1c2nc3ccccc3n2C=CC1c1ccc(OCCF)cc1. The topological polar surface area (TPSA) is 33.5 Å². The van der Waals surface area contributed by atoms with Crippen LogP contribution >= 0.6 is 0 Å². The van der Waals surface area contributed by atoms with E-state index >= 15 is 0 Å². The van der Waals surface area contributed by atoms with Gasteiger partial charge in [-0.15, -0.1) is 0 Å². The molecule has 3 aromatic rings. The first-order valence-electron chi connectivity index (χ1n) is 8.59. The minimum atomic E-state index is -0.488. The summed E-state index contributed by atoms with van der Waals surface area (Å²) in [5.74, 6) is 1.55. The highest BCUT2D eigenvalue weighted by Gasteiger charge is 2.28. The fraction of sp³-hybridized carbons (Fsp3) is 0.250. The quantitative estimate of drug-likeness (QED) is 0.697. The first kappa shape index (κ1) is 16.6. The molecule has 2 heterocycles. The van der Waals surface area contributed by atoms with Crippen molar-refractivity contribution in [1.82, 2.24) is 14.6 Å². The monoisotopic (exact) mass is 352 g/mol. The van der Waals surface area contributed by atoms with Crippen molar-refractivity contribution < 1.29 is 9.13 Å². The Hall–Kier alpha value is -2.86. The van der Waals surface area contributed by atoms with Crippen molar-refractivity contribution in [3.05, 3.63) is 60.2 Å². The van der Waals surface area contributed by atoms with Gasteiger partial charge in [0.1, 0.15) is 19.0 Å². The Morgan fingerprint density at radius 1 is 1.12 bits per heavy atom. The van der Waals surface area contributed by atoms with Crippen LogP contribution in [0.3, 0.4) is 0 Å². The predicted octanol–water partition coefficient (Wildman–Crippen LogP) is 3.89. The number of hydrogen-bond acceptors (Lipinski definition) is 4. The molecule has 5 nitrogen and oxygen atoms in total. The summed E-state index contributed by atoms with van der Waals surface area (Å²) in [6.07, 6.45) is 4.22. The molecule has 0 spiro atoms. The Balaban J connectivity index is 1.71. The van der Waals surface area contributed by atoms with Gasteiger partial charge in [-0.05, 0) is 35.9 Å². The normalized spacial score (nSPS) is 16.3. The third-order valence-corrected chi connectivity index (χ3v) is 4.46. The van der Waals surface area contributed by atoms with Crippen molar-refractivity contribution in [1.29, 1.82) is 0 Å². The van der Waals surface area contributed by atoms with Gasteiger partial charge in [-0.3, -0.25) is 9.58 Å². The van der Waals surface area contributed by atoms with E-state index in [-0.39, 0.29) is 12.6 Å². The van der Waals surface area contributed by atoms with E-state index in [1.54, 1.807) is 0 Å². The third kappa shape index (κ3) is 2.82. The Morgan fingerprint density at radius 3 is 2.62 bits per heavy atom. The van der Waals surface area contributed by atoms with Crippen LogP contribution in [-0.2, 0) is 0 Å². The van der Waals surface area contributed by atoms with E-state index in [1.807, 2.05) is 61.6 Å². The molecule has 0 saturated carbocycles. The number of rotatable bonds is 5. The molecule has 1 aromatic heterocycles. The number of halogens is 1. The van der Waals surface area contributed by atoms with Crippen LogP contribution in [0, 0.1) is 0 Å². The number of hydrogen-bond donors (Lipinski definition) is 0. The molecule has 6 heteroatoms.